The molecule has 0 bridgehead atoms. The number of nitro benzene ring substituents is 1. The van der Waals surface area contributed by atoms with Crippen LogP contribution in [0.2, 0.25) is 0 Å². The summed E-state index contributed by atoms with van der Waals surface area (Å²) in [5.41, 5.74) is 3.09. The van der Waals surface area contributed by atoms with Crippen LogP contribution in [0.4, 0.5) is 17.1 Å². The first-order valence-corrected chi connectivity index (χ1v) is 11.4. The minimum Gasteiger partial charge on any atom is -0.726 e. The Hall–Kier alpha value is -3.28. The standard InChI is InChI=1S/C21H27N6O2.H2O4S/c1-15-12-17(16(2)23-10-11-27(3,4)5)6-8-20(15)24-25-21-9-7-19(26(28)29)13-18(21)14-22;1-5(2,3)4/h6-9,12-13,16,23H,10-11H2,1-5H3;(H2,1,2,3,4)/q+1;/p-1. The molecule has 0 aromatic heterocycles. The molecule has 0 aliphatic rings. The van der Waals surface area contributed by atoms with Gasteiger partial charge in [0.25, 0.3) is 5.69 Å². The fraction of sp³-hybridized carbons (Fsp3) is 0.381. The third-order valence-electron chi connectivity index (χ3n) is 4.53. The number of aryl methyl sites for hydroxylation is 1. The Morgan fingerprint density at radius 3 is 2.24 bits per heavy atom. The van der Waals surface area contributed by atoms with Gasteiger partial charge in [0.2, 0.25) is 10.4 Å². The number of nitrogens with one attached hydrogen (secondary N) is 1. The normalized spacial score (nSPS) is 12.5. The van der Waals surface area contributed by atoms with Gasteiger partial charge in [-0.25, -0.2) is 8.42 Å². The van der Waals surface area contributed by atoms with Gasteiger partial charge in [-0.05, 0) is 37.1 Å². The fourth-order valence-corrected chi connectivity index (χ4v) is 2.72. The number of non-ortho nitro benzene ring substituents is 1. The molecule has 34 heavy (non-hydrogen) atoms. The van der Waals surface area contributed by atoms with Gasteiger partial charge in [0.1, 0.15) is 11.8 Å². The van der Waals surface area contributed by atoms with Gasteiger partial charge in [-0.15, -0.1) is 5.11 Å². The van der Waals surface area contributed by atoms with Gasteiger partial charge in [0.15, 0.2) is 0 Å². The average Bonchev–Trinajstić information content (AvgIpc) is 2.70. The summed E-state index contributed by atoms with van der Waals surface area (Å²) in [4.78, 5) is 10.3. The van der Waals surface area contributed by atoms with E-state index in [1.165, 1.54) is 18.2 Å². The maximum Gasteiger partial charge on any atom is 0.270 e. The number of nitro groups is 1. The number of benzene rings is 2. The summed E-state index contributed by atoms with van der Waals surface area (Å²) in [5, 5.41) is 31.9. The van der Waals surface area contributed by atoms with Gasteiger partial charge in [0, 0.05) is 24.7 Å². The smallest absolute Gasteiger partial charge is 0.270 e. The van der Waals surface area contributed by atoms with Gasteiger partial charge in [0.05, 0.1) is 43.9 Å². The van der Waals surface area contributed by atoms with Crippen LogP contribution in [0.1, 0.15) is 29.7 Å². The van der Waals surface area contributed by atoms with E-state index in [0.717, 1.165) is 28.7 Å². The number of likely N-dealkylation sites (N-methyl/N-ethyl adjacent to an activating group) is 1. The highest BCUT2D eigenvalue weighted by atomic mass is 32.3. The highest BCUT2D eigenvalue weighted by Gasteiger charge is 2.12. The molecule has 2 rings (SSSR count). The van der Waals surface area contributed by atoms with Gasteiger partial charge in [-0.1, -0.05) is 12.1 Å². The van der Waals surface area contributed by atoms with Crippen molar-refractivity contribution in [1.82, 2.24) is 5.32 Å². The molecule has 0 saturated heterocycles. The largest absolute Gasteiger partial charge is 0.726 e. The lowest BCUT2D eigenvalue weighted by molar-refractivity contribution is -0.869. The van der Waals surface area contributed by atoms with E-state index in [4.69, 9.17) is 17.5 Å². The third-order valence-corrected chi connectivity index (χ3v) is 4.53. The lowest BCUT2D eigenvalue weighted by atomic mass is 10.0. The quantitative estimate of drug-likeness (QED) is 0.140. The Labute approximate surface area is 198 Å². The second-order valence-electron chi connectivity index (χ2n) is 8.43. The second-order valence-corrected chi connectivity index (χ2v) is 9.29. The van der Waals surface area contributed by atoms with E-state index in [1.54, 1.807) is 0 Å². The zero-order chi connectivity index (χ0) is 26.1. The van der Waals surface area contributed by atoms with Crippen molar-refractivity contribution in [3.05, 3.63) is 63.2 Å². The molecule has 0 aliphatic carbocycles. The first kappa shape index (κ1) is 28.8. The molecule has 1 atom stereocenters. The fourth-order valence-electron chi connectivity index (χ4n) is 2.72. The third kappa shape index (κ3) is 11.0. The van der Waals surface area contributed by atoms with Crippen LogP contribution in [0.25, 0.3) is 0 Å². The molecule has 0 heterocycles. The summed E-state index contributed by atoms with van der Waals surface area (Å²) < 4.78 is 33.7. The SMILES string of the molecule is Cc1cc(C(C)NCC[N+](C)(C)C)ccc1N=Nc1ccc([N+](=O)[O-])cc1C#N.O=S(=O)([O-])O. The molecule has 0 spiro atoms. The molecular formula is C21H28N6O6S. The molecule has 0 amide bonds. The lowest BCUT2D eigenvalue weighted by Gasteiger charge is -2.25. The molecule has 2 aromatic carbocycles. The van der Waals surface area contributed by atoms with E-state index in [9.17, 15) is 15.4 Å². The van der Waals surface area contributed by atoms with Crippen molar-refractivity contribution < 1.29 is 26.9 Å². The minimum atomic E-state index is -4.92. The first-order chi connectivity index (χ1) is 15.6. The predicted octanol–water partition coefficient (Wildman–Crippen LogP) is 3.55. The molecule has 2 N–H and O–H groups in total. The second kappa shape index (κ2) is 12.3. The molecule has 13 heteroatoms. The average molecular weight is 493 g/mol. The zero-order valence-corrected chi connectivity index (χ0v) is 20.4. The number of nitriles is 1. The summed E-state index contributed by atoms with van der Waals surface area (Å²) in [6.07, 6.45) is 0. The molecule has 0 saturated carbocycles. The molecule has 0 fully saturated rings. The number of hydrogen-bond acceptors (Lipinski definition) is 9. The number of rotatable bonds is 8. The van der Waals surface area contributed by atoms with E-state index < -0.39 is 15.3 Å². The van der Waals surface area contributed by atoms with E-state index in [2.05, 4.69) is 49.7 Å². The molecule has 0 aliphatic heterocycles. The van der Waals surface area contributed by atoms with Gasteiger partial charge in [-0.3, -0.25) is 14.7 Å². The van der Waals surface area contributed by atoms with Crippen molar-refractivity contribution >= 4 is 27.5 Å². The Balaban J connectivity index is 0.00000104. The van der Waals surface area contributed by atoms with E-state index in [-0.39, 0.29) is 17.3 Å². The van der Waals surface area contributed by atoms with Crippen molar-refractivity contribution in [2.75, 3.05) is 34.2 Å². The lowest BCUT2D eigenvalue weighted by Crippen LogP contribution is -2.40. The summed E-state index contributed by atoms with van der Waals surface area (Å²) in [6, 6.07) is 12.1. The zero-order valence-electron chi connectivity index (χ0n) is 19.6. The van der Waals surface area contributed by atoms with Crippen molar-refractivity contribution in [1.29, 1.82) is 5.26 Å². The van der Waals surface area contributed by atoms with Crippen LogP contribution in [0.5, 0.6) is 0 Å². The van der Waals surface area contributed by atoms with Crippen LogP contribution in [-0.2, 0) is 10.4 Å². The first-order valence-electron chi connectivity index (χ1n) is 10.0. The molecule has 184 valence electrons. The van der Waals surface area contributed by atoms with E-state index in [0.29, 0.717) is 11.4 Å². The van der Waals surface area contributed by atoms with Crippen molar-refractivity contribution in [3.8, 4) is 6.07 Å². The van der Waals surface area contributed by atoms with Gasteiger partial charge in [-0.2, -0.15) is 10.4 Å². The molecule has 1 unspecified atom stereocenters. The Morgan fingerprint density at radius 1 is 1.18 bits per heavy atom. The van der Waals surface area contributed by atoms with Crippen LogP contribution in [0.15, 0.2) is 46.6 Å². The maximum atomic E-state index is 10.8. The van der Waals surface area contributed by atoms with Crippen molar-refractivity contribution in [2.45, 2.75) is 19.9 Å². The van der Waals surface area contributed by atoms with Gasteiger partial charge >= 0.3 is 0 Å². The summed E-state index contributed by atoms with van der Waals surface area (Å²) in [6.45, 7) is 6.04. The highest BCUT2D eigenvalue weighted by Crippen LogP contribution is 2.28. The monoisotopic (exact) mass is 492 g/mol. The van der Waals surface area contributed by atoms with Crippen LogP contribution < -0.4 is 5.32 Å². The topological polar surface area (TPSA) is 181 Å². The molecular weight excluding hydrogens is 464 g/mol. The van der Waals surface area contributed by atoms with E-state index in [1.807, 2.05) is 25.1 Å². The number of nitrogens with zero attached hydrogens (tertiary/aromatic N) is 5. The van der Waals surface area contributed by atoms with E-state index >= 15 is 0 Å². The van der Waals surface area contributed by atoms with Crippen LogP contribution >= 0.6 is 0 Å². The van der Waals surface area contributed by atoms with Gasteiger partial charge < -0.3 is 14.4 Å². The van der Waals surface area contributed by atoms with Crippen LogP contribution in [0, 0.1) is 28.4 Å². The Morgan fingerprint density at radius 2 is 1.74 bits per heavy atom. The summed E-state index contributed by atoms with van der Waals surface area (Å²) >= 11 is 0. The Kier molecular flexibility index (Phi) is 10.4. The van der Waals surface area contributed by atoms with Crippen molar-refractivity contribution in [2.24, 2.45) is 10.2 Å². The highest BCUT2D eigenvalue weighted by molar-refractivity contribution is 7.79. The minimum absolute atomic E-state index is 0.118. The molecule has 12 nitrogen and oxygen atoms in total. The molecule has 0 radical (unpaired) electrons. The molecule has 2 aromatic rings. The number of hydrogen-bond donors (Lipinski definition) is 2. The summed E-state index contributed by atoms with van der Waals surface area (Å²) in [5.74, 6) is 0. The number of quaternary nitrogens is 1. The Bertz CT molecular complexity index is 1180. The predicted molar refractivity (Wildman–Crippen MR) is 125 cm³/mol. The number of azo groups is 1. The van der Waals surface area contributed by atoms with Crippen LogP contribution in [0.3, 0.4) is 0 Å². The van der Waals surface area contributed by atoms with Crippen LogP contribution in [-0.4, -0.2) is 61.2 Å². The van der Waals surface area contributed by atoms with Crippen molar-refractivity contribution in [3.63, 3.8) is 0 Å². The maximum absolute atomic E-state index is 10.8. The summed E-state index contributed by atoms with van der Waals surface area (Å²) in [7, 11) is 1.58.